The van der Waals surface area contributed by atoms with Gasteiger partial charge >= 0.3 is 0 Å². The van der Waals surface area contributed by atoms with Crippen LogP contribution in [0.1, 0.15) is 10.4 Å². The van der Waals surface area contributed by atoms with Gasteiger partial charge in [-0.1, -0.05) is 54.3 Å². The molecule has 96 valence electrons. The summed E-state index contributed by atoms with van der Waals surface area (Å²) in [5.74, 6) is 0.343. The molecule has 0 aromatic heterocycles. The Morgan fingerprint density at radius 1 is 1.44 bits per heavy atom. The topological polar surface area (TPSA) is 20.3 Å². The lowest BCUT2D eigenvalue weighted by Gasteiger charge is -2.13. The van der Waals surface area contributed by atoms with Gasteiger partial charge in [0.2, 0.25) is 0 Å². The van der Waals surface area contributed by atoms with Crippen molar-refractivity contribution in [3.05, 3.63) is 47.0 Å². The summed E-state index contributed by atoms with van der Waals surface area (Å²) >= 11 is 12.5. The summed E-state index contributed by atoms with van der Waals surface area (Å²) in [6, 6.07) is 6.96. The molecule has 0 N–H and O–H groups in total. The number of ketones is 1. The summed E-state index contributed by atoms with van der Waals surface area (Å²) in [5, 5.41) is 0.448. The number of thiocarbonyl (C=S) groups is 1. The summed E-state index contributed by atoms with van der Waals surface area (Å²) in [5.41, 5.74) is 0.984. The van der Waals surface area contributed by atoms with Crippen molar-refractivity contribution in [3.8, 4) is 0 Å². The van der Waals surface area contributed by atoms with Crippen molar-refractivity contribution in [2.75, 3.05) is 19.8 Å². The number of hydrogen-bond donors (Lipinski definition) is 0. The van der Waals surface area contributed by atoms with E-state index in [1.807, 2.05) is 19.0 Å². The zero-order valence-corrected chi connectivity index (χ0v) is 12.7. The zero-order chi connectivity index (χ0) is 13.7. The molecule has 0 aliphatic carbocycles. The predicted molar refractivity (Wildman–Crippen MR) is 83.7 cm³/mol. The van der Waals surface area contributed by atoms with E-state index in [1.165, 1.54) is 11.8 Å². The van der Waals surface area contributed by atoms with Crippen molar-refractivity contribution in [2.24, 2.45) is 0 Å². The van der Waals surface area contributed by atoms with Gasteiger partial charge in [0.15, 0.2) is 5.78 Å². The summed E-state index contributed by atoms with van der Waals surface area (Å²) in [6.07, 6.45) is 0. The Labute approximate surface area is 122 Å². The molecule has 18 heavy (non-hydrogen) atoms. The van der Waals surface area contributed by atoms with Crippen LogP contribution in [0.5, 0.6) is 0 Å². The first-order chi connectivity index (χ1) is 8.43. The summed E-state index contributed by atoms with van der Waals surface area (Å²) < 4.78 is 0.725. The van der Waals surface area contributed by atoms with Gasteiger partial charge in [-0.15, -0.1) is 0 Å². The smallest absolute Gasteiger partial charge is 0.190 e. The molecule has 1 aromatic rings. The van der Waals surface area contributed by atoms with Crippen LogP contribution in [0, 0.1) is 0 Å². The molecule has 0 radical (unpaired) electrons. The molecule has 0 bridgehead atoms. The van der Waals surface area contributed by atoms with Crippen LogP contribution in [-0.2, 0) is 0 Å². The van der Waals surface area contributed by atoms with Gasteiger partial charge in [0.25, 0.3) is 0 Å². The predicted octanol–water partition coefficient (Wildman–Crippen LogP) is 3.66. The molecule has 1 aromatic carbocycles. The second-order valence-corrected chi connectivity index (χ2v) is 5.88. The zero-order valence-electron chi connectivity index (χ0n) is 10.3. The standard InChI is InChI=1S/C13H14ClNOS2/c1-9(8-18-13(17)15(2)3)12(16)10-6-4-5-7-11(10)14/h4-7H,1,8H2,2-3H3. The fourth-order valence-electron chi connectivity index (χ4n) is 1.18. The molecule has 1 rings (SSSR count). The maximum atomic E-state index is 12.1. The highest BCUT2D eigenvalue weighted by Gasteiger charge is 2.14. The average molecular weight is 300 g/mol. The highest BCUT2D eigenvalue weighted by atomic mass is 35.5. The molecule has 0 amide bonds. The third-order valence-corrected chi connectivity index (χ3v) is 4.33. The quantitative estimate of drug-likeness (QED) is 0.480. The molecule has 2 nitrogen and oxygen atoms in total. The van der Waals surface area contributed by atoms with Crippen molar-refractivity contribution in [2.45, 2.75) is 0 Å². The highest BCUT2D eigenvalue weighted by molar-refractivity contribution is 8.23. The Balaban J connectivity index is 2.66. The van der Waals surface area contributed by atoms with Crippen LogP contribution in [-0.4, -0.2) is 34.9 Å². The molecule has 0 spiro atoms. The van der Waals surface area contributed by atoms with Gasteiger partial charge in [0.05, 0.1) is 5.02 Å². The summed E-state index contributed by atoms with van der Waals surface area (Å²) in [7, 11) is 3.74. The van der Waals surface area contributed by atoms with Crippen LogP contribution in [0.3, 0.4) is 0 Å². The van der Waals surface area contributed by atoms with Gasteiger partial charge in [-0.2, -0.15) is 0 Å². The molecular weight excluding hydrogens is 286 g/mol. The number of Topliss-reactive ketones (excluding diaryl/α,β-unsaturated/α-hetero) is 1. The lowest BCUT2D eigenvalue weighted by Crippen LogP contribution is -2.17. The van der Waals surface area contributed by atoms with Crippen LogP contribution < -0.4 is 0 Å². The molecule has 0 aliphatic rings. The maximum absolute atomic E-state index is 12.1. The van der Waals surface area contributed by atoms with E-state index in [1.54, 1.807) is 24.3 Å². The molecule has 0 fully saturated rings. The minimum absolute atomic E-state index is 0.130. The second kappa shape index (κ2) is 6.92. The summed E-state index contributed by atoms with van der Waals surface area (Å²) in [6.45, 7) is 3.80. The second-order valence-electron chi connectivity index (χ2n) is 3.86. The molecule has 0 saturated heterocycles. The number of nitrogens with zero attached hydrogens (tertiary/aromatic N) is 1. The number of carbonyl (C=O) groups excluding carboxylic acids is 1. The molecule has 0 atom stereocenters. The van der Waals surface area contributed by atoms with Gasteiger partial charge in [0, 0.05) is 31.0 Å². The van der Waals surface area contributed by atoms with E-state index in [-0.39, 0.29) is 5.78 Å². The van der Waals surface area contributed by atoms with E-state index in [0.29, 0.717) is 21.9 Å². The van der Waals surface area contributed by atoms with E-state index in [9.17, 15) is 4.79 Å². The largest absolute Gasteiger partial charge is 0.364 e. The van der Waals surface area contributed by atoms with Crippen LogP contribution in [0.25, 0.3) is 0 Å². The monoisotopic (exact) mass is 299 g/mol. The van der Waals surface area contributed by atoms with Crippen LogP contribution in [0.2, 0.25) is 5.02 Å². The molecule has 0 unspecified atom stereocenters. The van der Waals surface area contributed by atoms with Crippen molar-refractivity contribution in [3.63, 3.8) is 0 Å². The minimum atomic E-state index is -0.130. The third kappa shape index (κ3) is 4.12. The number of carbonyl (C=O) groups is 1. The number of rotatable bonds is 4. The fraction of sp³-hybridized carbons (Fsp3) is 0.231. The van der Waals surface area contributed by atoms with Crippen molar-refractivity contribution in [1.82, 2.24) is 4.90 Å². The molecule has 0 aliphatic heterocycles. The molecule has 0 heterocycles. The van der Waals surface area contributed by atoms with E-state index in [0.717, 1.165) is 4.32 Å². The minimum Gasteiger partial charge on any atom is -0.364 e. The first-order valence-corrected chi connectivity index (χ1v) is 7.01. The fourth-order valence-corrected chi connectivity index (χ4v) is 2.26. The maximum Gasteiger partial charge on any atom is 0.190 e. The van der Waals surface area contributed by atoms with Crippen molar-refractivity contribution in [1.29, 1.82) is 0 Å². The lowest BCUT2D eigenvalue weighted by molar-refractivity contribution is 0.103. The van der Waals surface area contributed by atoms with Gasteiger partial charge < -0.3 is 4.90 Å². The Morgan fingerprint density at radius 2 is 2.06 bits per heavy atom. The lowest BCUT2D eigenvalue weighted by atomic mass is 10.1. The average Bonchev–Trinajstić information content (AvgIpc) is 2.35. The van der Waals surface area contributed by atoms with Gasteiger partial charge in [-0.25, -0.2) is 0 Å². The Kier molecular flexibility index (Phi) is 5.85. The normalized spacial score (nSPS) is 9.94. The molecular formula is C13H14ClNOS2. The van der Waals surface area contributed by atoms with Crippen LogP contribution in [0.4, 0.5) is 0 Å². The number of benzene rings is 1. The Morgan fingerprint density at radius 3 is 2.61 bits per heavy atom. The third-order valence-electron chi connectivity index (χ3n) is 2.17. The first-order valence-electron chi connectivity index (χ1n) is 5.24. The van der Waals surface area contributed by atoms with Crippen LogP contribution in [0.15, 0.2) is 36.4 Å². The SMILES string of the molecule is C=C(CSC(=S)N(C)C)C(=O)c1ccccc1Cl. The van der Waals surface area contributed by atoms with Crippen molar-refractivity contribution < 1.29 is 4.79 Å². The first kappa shape index (κ1) is 15.2. The van der Waals surface area contributed by atoms with Gasteiger partial charge in [0.1, 0.15) is 4.32 Å². The summed E-state index contributed by atoms with van der Waals surface area (Å²) in [4.78, 5) is 13.9. The highest BCUT2D eigenvalue weighted by Crippen LogP contribution is 2.20. The molecule has 0 saturated carbocycles. The number of halogens is 1. The van der Waals surface area contributed by atoms with Gasteiger partial charge in [-0.3, -0.25) is 4.79 Å². The van der Waals surface area contributed by atoms with Crippen molar-refractivity contribution >= 4 is 45.7 Å². The van der Waals surface area contributed by atoms with Gasteiger partial charge in [-0.05, 0) is 12.1 Å². The Bertz CT molecular complexity index is 486. The number of hydrogen-bond acceptors (Lipinski definition) is 3. The molecule has 5 heteroatoms. The van der Waals surface area contributed by atoms with E-state index < -0.39 is 0 Å². The van der Waals surface area contributed by atoms with E-state index in [4.69, 9.17) is 23.8 Å². The van der Waals surface area contributed by atoms with Crippen LogP contribution >= 0.6 is 35.6 Å². The van der Waals surface area contributed by atoms with E-state index in [2.05, 4.69) is 6.58 Å². The Hall–Kier alpha value is -0.840. The number of thioether (sulfide) groups is 1. The van der Waals surface area contributed by atoms with E-state index >= 15 is 0 Å².